The van der Waals surface area contributed by atoms with Crippen molar-refractivity contribution in [3.8, 4) is 0 Å². The number of amides is 2. The third kappa shape index (κ3) is 5.47. The Morgan fingerprint density at radius 3 is 2.23 bits per heavy atom. The molecule has 162 valence electrons. The molecule has 0 aliphatic heterocycles. The van der Waals surface area contributed by atoms with Crippen molar-refractivity contribution in [3.63, 3.8) is 0 Å². The second-order valence-corrected chi connectivity index (χ2v) is 6.28. The van der Waals surface area contributed by atoms with Gasteiger partial charge in [0.1, 0.15) is 18.1 Å². The fraction of sp³-hybridized carbons (Fsp3) is 0.158. The van der Waals surface area contributed by atoms with Crippen molar-refractivity contribution >= 4 is 34.4 Å². The highest BCUT2D eigenvalue weighted by Crippen LogP contribution is 2.38. The van der Waals surface area contributed by atoms with Crippen molar-refractivity contribution in [3.05, 3.63) is 59.8 Å². The van der Waals surface area contributed by atoms with Crippen LogP contribution in [0.3, 0.4) is 0 Å². The molecule has 3 rings (SSSR count). The van der Waals surface area contributed by atoms with Gasteiger partial charge in [0.05, 0.1) is 16.6 Å². The number of alkyl halides is 6. The highest BCUT2D eigenvalue weighted by molar-refractivity contribution is 6.08. The zero-order valence-electron chi connectivity index (χ0n) is 15.3. The van der Waals surface area contributed by atoms with E-state index in [4.69, 9.17) is 0 Å². The lowest BCUT2D eigenvalue weighted by atomic mass is 10.1. The topological polar surface area (TPSA) is 84.0 Å². The van der Waals surface area contributed by atoms with Gasteiger partial charge in [-0.05, 0) is 24.3 Å². The molecule has 0 aliphatic rings. The molecule has 0 saturated heterocycles. The van der Waals surface area contributed by atoms with E-state index >= 15 is 0 Å². The number of hydrogen-bond acceptors (Lipinski definition) is 4. The number of rotatable bonds is 4. The standard InChI is InChI=1S/C19H12F6N4O2/c20-18(21,22)11-7-12(19(23,24)25)17(26-9-11)29-16(31)8-15(30)28-14-6-5-10-3-1-2-4-13(10)27-14/h1-7,9H,8H2,(H,26,29,31)(H,27,28,30). The van der Waals surface area contributed by atoms with Gasteiger partial charge < -0.3 is 10.6 Å². The summed E-state index contributed by atoms with van der Waals surface area (Å²) in [5.74, 6) is -3.11. The van der Waals surface area contributed by atoms with E-state index in [1.165, 1.54) is 6.07 Å². The van der Waals surface area contributed by atoms with E-state index in [1.807, 2.05) is 0 Å². The SMILES string of the molecule is O=C(CC(=O)Nc1ncc(C(F)(F)F)cc1C(F)(F)F)Nc1ccc2ccccc2n1. The second kappa shape index (κ2) is 8.20. The van der Waals surface area contributed by atoms with Crippen molar-refractivity contribution in [1.29, 1.82) is 0 Å². The number of carbonyl (C=O) groups is 2. The Morgan fingerprint density at radius 2 is 1.55 bits per heavy atom. The van der Waals surface area contributed by atoms with Crippen molar-refractivity contribution in [2.24, 2.45) is 0 Å². The Balaban J connectivity index is 1.71. The molecule has 1 aromatic carbocycles. The number of anilines is 2. The molecule has 0 radical (unpaired) electrons. The lowest BCUT2D eigenvalue weighted by molar-refractivity contribution is -0.143. The summed E-state index contributed by atoms with van der Waals surface area (Å²) in [7, 11) is 0. The van der Waals surface area contributed by atoms with Gasteiger partial charge in [0.25, 0.3) is 0 Å². The van der Waals surface area contributed by atoms with Crippen LogP contribution in [0.5, 0.6) is 0 Å². The first kappa shape index (κ1) is 22.0. The molecular formula is C19H12F6N4O2. The zero-order valence-corrected chi connectivity index (χ0v) is 15.3. The predicted octanol–water partition coefficient (Wildman–Crippen LogP) is 4.63. The number of carbonyl (C=O) groups excluding carboxylic acids is 2. The molecule has 31 heavy (non-hydrogen) atoms. The smallest absolute Gasteiger partial charge is 0.310 e. The summed E-state index contributed by atoms with van der Waals surface area (Å²) < 4.78 is 77.3. The maximum atomic E-state index is 13.1. The van der Waals surface area contributed by atoms with Crippen LogP contribution in [-0.4, -0.2) is 21.8 Å². The minimum absolute atomic E-state index is 0.111. The van der Waals surface area contributed by atoms with Gasteiger partial charge in [0, 0.05) is 11.6 Å². The van der Waals surface area contributed by atoms with Crippen LogP contribution < -0.4 is 10.6 Å². The number of hydrogen-bond donors (Lipinski definition) is 2. The molecule has 0 spiro atoms. The molecule has 2 aromatic heterocycles. The van der Waals surface area contributed by atoms with Gasteiger partial charge in [-0.1, -0.05) is 18.2 Å². The van der Waals surface area contributed by atoms with Gasteiger partial charge in [0.15, 0.2) is 0 Å². The van der Waals surface area contributed by atoms with Crippen LogP contribution >= 0.6 is 0 Å². The average Bonchev–Trinajstić information content (AvgIpc) is 2.66. The maximum absolute atomic E-state index is 13.1. The number of para-hydroxylation sites is 1. The Morgan fingerprint density at radius 1 is 0.871 bits per heavy atom. The van der Waals surface area contributed by atoms with E-state index in [2.05, 4.69) is 15.3 Å². The second-order valence-electron chi connectivity index (χ2n) is 6.28. The lowest BCUT2D eigenvalue weighted by Crippen LogP contribution is -2.24. The summed E-state index contributed by atoms with van der Waals surface area (Å²) in [6, 6.07) is 9.96. The molecule has 12 heteroatoms. The van der Waals surface area contributed by atoms with Crippen LogP contribution in [0.1, 0.15) is 17.5 Å². The molecule has 0 fully saturated rings. The first-order valence-electron chi connectivity index (χ1n) is 8.53. The molecule has 0 saturated carbocycles. The molecule has 2 heterocycles. The van der Waals surface area contributed by atoms with E-state index in [9.17, 15) is 35.9 Å². The third-order valence-corrected chi connectivity index (χ3v) is 3.97. The number of nitrogens with zero attached hydrogens (tertiary/aromatic N) is 2. The number of nitrogens with one attached hydrogen (secondary N) is 2. The average molecular weight is 442 g/mol. The Hall–Kier alpha value is -3.70. The molecule has 0 unspecified atom stereocenters. The summed E-state index contributed by atoms with van der Waals surface area (Å²) >= 11 is 0. The van der Waals surface area contributed by atoms with Crippen molar-refractivity contribution < 1.29 is 35.9 Å². The Kier molecular flexibility index (Phi) is 5.82. The van der Waals surface area contributed by atoms with Crippen molar-refractivity contribution in [1.82, 2.24) is 9.97 Å². The monoisotopic (exact) mass is 442 g/mol. The van der Waals surface area contributed by atoms with Gasteiger partial charge in [-0.25, -0.2) is 9.97 Å². The van der Waals surface area contributed by atoms with Gasteiger partial charge >= 0.3 is 12.4 Å². The van der Waals surface area contributed by atoms with Gasteiger partial charge in [-0.15, -0.1) is 0 Å². The molecule has 6 nitrogen and oxygen atoms in total. The van der Waals surface area contributed by atoms with E-state index < -0.39 is 47.5 Å². The van der Waals surface area contributed by atoms with Gasteiger partial charge in [-0.3, -0.25) is 9.59 Å². The van der Waals surface area contributed by atoms with Gasteiger partial charge in [-0.2, -0.15) is 26.3 Å². The lowest BCUT2D eigenvalue weighted by Gasteiger charge is -2.15. The Labute approximate surface area is 170 Å². The van der Waals surface area contributed by atoms with Crippen molar-refractivity contribution in [2.45, 2.75) is 18.8 Å². The number of pyridine rings is 2. The summed E-state index contributed by atoms with van der Waals surface area (Å²) in [6.07, 6.45) is -11.0. The van der Waals surface area contributed by atoms with Crippen LogP contribution in [-0.2, 0) is 21.9 Å². The number of fused-ring (bicyclic) bond motifs is 1. The summed E-state index contributed by atoms with van der Waals surface area (Å²) in [5, 5.41) is 4.84. The van der Waals surface area contributed by atoms with E-state index in [-0.39, 0.29) is 18.1 Å². The zero-order chi connectivity index (χ0) is 22.8. The molecule has 0 aliphatic carbocycles. The fourth-order valence-electron chi connectivity index (χ4n) is 2.58. The first-order chi connectivity index (χ1) is 14.4. The maximum Gasteiger partial charge on any atom is 0.419 e. The van der Waals surface area contributed by atoms with Crippen LogP contribution in [0.25, 0.3) is 10.9 Å². The van der Waals surface area contributed by atoms with Crippen LogP contribution in [0, 0.1) is 0 Å². The van der Waals surface area contributed by atoms with Gasteiger partial charge in [0.2, 0.25) is 11.8 Å². The quantitative estimate of drug-likeness (QED) is 0.456. The summed E-state index contributed by atoms with van der Waals surface area (Å²) in [5.41, 5.74) is -2.85. The largest absolute Gasteiger partial charge is 0.419 e. The molecule has 0 bridgehead atoms. The minimum atomic E-state index is -5.21. The predicted molar refractivity (Wildman–Crippen MR) is 97.9 cm³/mol. The molecule has 2 N–H and O–H groups in total. The normalized spacial score (nSPS) is 11.9. The van der Waals surface area contributed by atoms with Crippen LogP contribution in [0.15, 0.2) is 48.7 Å². The van der Waals surface area contributed by atoms with E-state index in [0.29, 0.717) is 5.52 Å². The third-order valence-electron chi connectivity index (χ3n) is 3.97. The number of benzene rings is 1. The summed E-state index contributed by atoms with van der Waals surface area (Å²) in [6.45, 7) is 0. The molecule has 3 aromatic rings. The van der Waals surface area contributed by atoms with Crippen LogP contribution in [0.2, 0.25) is 0 Å². The van der Waals surface area contributed by atoms with E-state index in [0.717, 1.165) is 5.39 Å². The fourth-order valence-corrected chi connectivity index (χ4v) is 2.58. The number of halogens is 6. The highest BCUT2D eigenvalue weighted by Gasteiger charge is 2.39. The number of aromatic nitrogens is 2. The first-order valence-corrected chi connectivity index (χ1v) is 8.53. The molecule has 2 amide bonds. The molecule has 0 atom stereocenters. The highest BCUT2D eigenvalue weighted by atomic mass is 19.4. The Bertz CT molecular complexity index is 1140. The van der Waals surface area contributed by atoms with E-state index in [1.54, 1.807) is 35.6 Å². The van der Waals surface area contributed by atoms with Crippen LogP contribution in [0.4, 0.5) is 38.0 Å². The molecular weight excluding hydrogens is 430 g/mol. The minimum Gasteiger partial charge on any atom is -0.310 e. The summed E-state index contributed by atoms with van der Waals surface area (Å²) in [4.78, 5) is 31.2. The van der Waals surface area contributed by atoms with Crippen molar-refractivity contribution in [2.75, 3.05) is 10.6 Å².